The number of aryl methyl sites for hydroxylation is 1. The average Bonchev–Trinajstić information content (AvgIpc) is 3.13. The van der Waals surface area contributed by atoms with Gasteiger partial charge in [-0.05, 0) is 43.3 Å². The fourth-order valence-corrected chi connectivity index (χ4v) is 2.79. The Morgan fingerprint density at radius 1 is 1.35 bits per heavy atom. The molecule has 0 spiro atoms. The fraction of sp³-hybridized carbons (Fsp3) is 0.438. The third-order valence-corrected chi connectivity index (χ3v) is 4.33. The van der Waals surface area contributed by atoms with Gasteiger partial charge in [0.15, 0.2) is 0 Å². The minimum absolute atomic E-state index is 0.691. The Hall–Kier alpha value is -1.39. The van der Waals surface area contributed by atoms with Crippen molar-refractivity contribution in [3.05, 3.63) is 45.9 Å². The van der Waals surface area contributed by atoms with Gasteiger partial charge in [-0.15, -0.1) is 11.3 Å². The molecule has 1 fully saturated rings. The third-order valence-electron chi connectivity index (χ3n) is 3.39. The summed E-state index contributed by atoms with van der Waals surface area (Å²) in [7, 11) is 0. The van der Waals surface area contributed by atoms with E-state index in [0.717, 1.165) is 30.1 Å². The number of thiophene rings is 1. The van der Waals surface area contributed by atoms with E-state index in [9.17, 15) is 0 Å². The van der Waals surface area contributed by atoms with Crippen LogP contribution in [0.1, 0.15) is 29.1 Å². The zero-order valence-electron chi connectivity index (χ0n) is 11.8. The molecule has 1 N–H and O–H groups in total. The van der Waals surface area contributed by atoms with E-state index in [4.69, 9.17) is 4.74 Å². The summed E-state index contributed by atoms with van der Waals surface area (Å²) in [6.45, 7) is 3.54. The molecule has 0 unspecified atom stereocenters. The van der Waals surface area contributed by atoms with Crippen molar-refractivity contribution >= 4 is 11.3 Å². The highest BCUT2D eigenvalue weighted by Crippen LogP contribution is 2.22. The van der Waals surface area contributed by atoms with Crippen LogP contribution in [0.25, 0.3) is 0 Å². The molecule has 0 atom stereocenters. The van der Waals surface area contributed by atoms with Gasteiger partial charge in [0.05, 0.1) is 12.3 Å². The minimum Gasteiger partial charge on any atom is -0.491 e. The summed E-state index contributed by atoms with van der Waals surface area (Å²) in [5.41, 5.74) is 2.08. The second-order valence-corrected chi connectivity index (χ2v) is 6.26. The molecule has 3 rings (SSSR count). The van der Waals surface area contributed by atoms with Gasteiger partial charge in [-0.25, -0.2) is 0 Å². The number of aromatic nitrogens is 1. The Kier molecular flexibility index (Phi) is 4.33. The maximum absolute atomic E-state index is 5.92. The van der Waals surface area contributed by atoms with Gasteiger partial charge in [-0.1, -0.05) is 6.07 Å². The fourth-order valence-electron chi connectivity index (χ4n) is 2.10. The molecule has 0 amide bonds. The van der Waals surface area contributed by atoms with Crippen LogP contribution in [0.2, 0.25) is 0 Å². The van der Waals surface area contributed by atoms with E-state index in [2.05, 4.69) is 27.8 Å². The van der Waals surface area contributed by atoms with Gasteiger partial charge in [0.25, 0.3) is 0 Å². The molecule has 0 aliphatic heterocycles. The summed E-state index contributed by atoms with van der Waals surface area (Å²) < 4.78 is 5.92. The van der Waals surface area contributed by atoms with Gasteiger partial charge in [-0.2, -0.15) is 0 Å². The summed E-state index contributed by atoms with van der Waals surface area (Å²) in [4.78, 5) is 5.97. The maximum Gasteiger partial charge on any atom is 0.142 e. The highest BCUT2D eigenvalue weighted by Gasteiger charge is 2.21. The molecule has 0 bridgehead atoms. The largest absolute Gasteiger partial charge is 0.491 e. The van der Waals surface area contributed by atoms with Crippen LogP contribution in [-0.4, -0.2) is 17.6 Å². The van der Waals surface area contributed by atoms with Gasteiger partial charge in [0, 0.05) is 29.6 Å². The molecule has 4 heteroatoms. The van der Waals surface area contributed by atoms with Crippen LogP contribution in [0, 0.1) is 6.92 Å². The summed E-state index contributed by atoms with van der Waals surface area (Å²) in [5, 5.41) is 5.61. The Morgan fingerprint density at radius 3 is 3.00 bits per heavy atom. The Labute approximate surface area is 124 Å². The van der Waals surface area contributed by atoms with Crippen LogP contribution >= 0.6 is 11.3 Å². The highest BCUT2D eigenvalue weighted by molar-refractivity contribution is 7.09. The lowest BCUT2D eigenvalue weighted by Gasteiger charge is -2.12. The monoisotopic (exact) mass is 288 g/mol. The SMILES string of the molecule is Cc1ccc(OCCc2cccs2)c(CNC2CC2)n1. The zero-order valence-corrected chi connectivity index (χ0v) is 12.6. The third kappa shape index (κ3) is 3.81. The van der Waals surface area contributed by atoms with Gasteiger partial charge in [0.2, 0.25) is 0 Å². The van der Waals surface area contributed by atoms with E-state index in [1.807, 2.05) is 19.1 Å². The predicted octanol–water partition coefficient (Wildman–Crippen LogP) is 3.33. The quantitative estimate of drug-likeness (QED) is 0.848. The van der Waals surface area contributed by atoms with Crippen LogP contribution in [0.5, 0.6) is 5.75 Å². The van der Waals surface area contributed by atoms with Crippen LogP contribution < -0.4 is 10.1 Å². The molecule has 1 saturated carbocycles. The van der Waals surface area contributed by atoms with Crippen LogP contribution in [-0.2, 0) is 13.0 Å². The Morgan fingerprint density at radius 2 is 2.25 bits per heavy atom. The van der Waals surface area contributed by atoms with Crippen molar-refractivity contribution in [3.8, 4) is 5.75 Å². The predicted molar refractivity (Wildman–Crippen MR) is 82.4 cm³/mol. The first-order valence-corrected chi connectivity index (χ1v) is 8.04. The molecule has 0 aromatic carbocycles. The first-order valence-electron chi connectivity index (χ1n) is 7.16. The Balaban J connectivity index is 1.58. The number of hydrogen-bond acceptors (Lipinski definition) is 4. The lowest BCUT2D eigenvalue weighted by molar-refractivity contribution is 0.316. The molecule has 1 aliphatic carbocycles. The minimum atomic E-state index is 0.691. The summed E-state index contributed by atoms with van der Waals surface area (Å²) in [6, 6.07) is 8.98. The normalized spacial score (nSPS) is 14.4. The number of nitrogens with one attached hydrogen (secondary N) is 1. The second-order valence-electron chi connectivity index (χ2n) is 5.23. The molecule has 2 heterocycles. The number of rotatable bonds is 7. The van der Waals surface area contributed by atoms with Gasteiger partial charge >= 0.3 is 0 Å². The smallest absolute Gasteiger partial charge is 0.142 e. The number of ether oxygens (including phenoxy) is 1. The van der Waals surface area contributed by atoms with Crippen LogP contribution in [0.4, 0.5) is 0 Å². The molecular weight excluding hydrogens is 268 g/mol. The highest BCUT2D eigenvalue weighted by atomic mass is 32.1. The second kappa shape index (κ2) is 6.37. The lowest BCUT2D eigenvalue weighted by Crippen LogP contribution is -2.17. The van der Waals surface area contributed by atoms with Crippen molar-refractivity contribution in [2.75, 3.05) is 6.61 Å². The number of hydrogen-bond donors (Lipinski definition) is 1. The maximum atomic E-state index is 5.92. The van der Waals surface area contributed by atoms with Crippen molar-refractivity contribution in [3.63, 3.8) is 0 Å². The van der Waals surface area contributed by atoms with Crippen molar-refractivity contribution in [2.45, 2.75) is 38.8 Å². The molecule has 2 aromatic rings. The molecule has 20 heavy (non-hydrogen) atoms. The van der Waals surface area contributed by atoms with E-state index in [1.165, 1.54) is 17.7 Å². The first-order chi connectivity index (χ1) is 9.81. The molecular formula is C16H20N2OS. The van der Waals surface area contributed by atoms with Crippen LogP contribution in [0.15, 0.2) is 29.6 Å². The molecule has 0 radical (unpaired) electrons. The van der Waals surface area contributed by atoms with E-state index >= 15 is 0 Å². The van der Waals surface area contributed by atoms with Gasteiger partial charge in [-0.3, -0.25) is 4.98 Å². The first kappa shape index (κ1) is 13.6. The van der Waals surface area contributed by atoms with Crippen molar-refractivity contribution < 1.29 is 4.74 Å². The van der Waals surface area contributed by atoms with E-state index in [0.29, 0.717) is 12.6 Å². The average molecular weight is 288 g/mol. The van der Waals surface area contributed by atoms with E-state index < -0.39 is 0 Å². The topological polar surface area (TPSA) is 34.1 Å². The van der Waals surface area contributed by atoms with Crippen molar-refractivity contribution in [1.29, 1.82) is 0 Å². The molecule has 3 nitrogen and oxygen atoms in total. The summed E-state index contributed by atoms with van der Waals surface area (Å²) in [6.07, 6.45) is 3.54. The van der Waals surface area contributed by atoms with E-state index in [-0.39, 0.29) is 0 Å². The van der Waals surface area contributed by atoms with E-state index in [1.54, 1.807) is 11.3 Å². The van der Waals surface area contributed by atoms with Crippen molar-refractivity contribution in [2.24, 2.45) is 0 Å². The van der Waals surface area contributed by atoms with Crippen LogP contribution in [0.3, 0.4) is 0 Å². The zero-order chi connectivity index (χ0) is 13.8. The number of pyridine rings is 1. The molecule has 0 saturated heterocycles. The molecule has 2 aromatic heterocycles. The number of nitrogens with zero attached hydrogens (tertiary/aromatic N) is 1. The standard InChI is InChI=1S/C16H20N2OS/c1-12-4-7-16(15(18-12)11-17-13-5-6-13)19-9-8-14-3-2-10-20-14/h2-4,7,10,13,17H,5-6,8-9,11H2,1H3. The summed E-state index contributed by atoms with van der Waals surface area (Å²) in [5.74, 6) is 0.917. The summed E-state index contributed by atoms with van der Waals surface area (Å²) >= 11 is 1.78. The van der Waals surface area contributed by atoms with Gasteiger partial charge in [0.1, 0.15) is 5.75 Å². The molecule has 106 valence electrons. The molecule has 1 aliphatic rings. The Bertz CT molecular complexity index is 550. The van der Waals surface area contributed by atoms with Crippen molar-refractivity contribution in [1.82, 2.24) is 10.3 Å². The lowest BCUT2D eigenvalue weighted by atomic mass is 10.2. The van der Waals surface area contributed by atoms with Gasteiger partial charge < -0.3 is 10.1 Å².